The maximum atomic E-state index is 12.4. The van der Waals surface area contributed by atoms with Gasteiger partial charge in [-0.1, -0.05) is 48.5 Å². The Hall–Kier alpha value is -2.01. The Morgan fingerprint density at radius 1 is 1.12 bits per heavy atom. The van der Waals surface area contributed by atoms with Crippen LogP contribution in [0.25, 0.3) is 10.1 Å². The van der Waals surface area contributed by atoms with Gasteiger partial charge in [-0.25, -0.2) is 0 Å². The molecule has 0 saturated carbocycles. The number of Topliss-reactive ketones (excluding diaryl/α,β-unsaturated/α-hetero) is 1. The zero-order chi connectivity index (χ0) is 16.9. The number of hydrogen-bond donors (Lipinski definition) is 2. The van der Waals surface area contributed by atoms with Crippen molar-refractivity contribution in [2.24, 2.45) is 0 Å². The molecule has 1 aromatic heterocycles. The Morgan fingerprint density at radius 2 is 1.83 bits per heavy atom. The molecule has 0 fully saturated rings. The van der Waals surface area contributed by atoms with Crippen LogP contribution in [0.1, 0.15) is 35.4 Å². The maximum Gasteiger partial charge on any atom is 0.165 e. The summed E-state index contributed by atoms with van der Waals surface area (Å²) in [7, 11) is 0. The molecule has 0 aliphatic heterocycles. The standard InChI is InChI=1S/C20H21NO2S/c1-14(20(23)15-7-3-2-4-8-15)21-12-11-18(22)17-13-24-19-10-6-5-9-16(17)19/h2-10,13-14,20-21,23H,11-12H2,1H3. The molecule has 2 atom stereocenters. The topological polar surface area (TPSA) is 49.3 Å². The Kier molecular flexibility index (Phi) is 5.41. The molecule has 0 saturated heterocycles. The zero-order valence-electron chi connectivity index (χ0n) is 13.6. The number of fused-ring (bicyclic) bond motifs is 1. The monoisotopic (exact) mass is 339 g/mol. The van der Waals surface area contributed by atoms with Gasteiger partial charge in [-0.15, -0.1) is 11.3 Å². The molecular weight excluding hydrogens is 318 g/mol. The van der Waals surface area contributed by atoms with Crippen molar-refractivity contribution in [3.63, 3.8) is 0 Å². The first-order valence-electron chi connectivity index (χ1n) is 8.12. The van der Waals surface area contributed by atoms with Gasteiger partial charge in [0, 0.05) is 40.0 Å². The lowest BCUT2D eigenvalue weighted by Crippen LogP contribution is -2.33. The second kappa shape index (κ2) is 7.71. The summed E-state index contributed by atoms with van der Waals surface area (Å²) in [4.78, 5) is 12.4. The van der Waals surface area contributed by atoms with E-state index in [1.807, 2.05) is 66.9 Å². The average Bonchev–Trinajstić information content (AvgIpc) is 3.06. The minimum atomic E-state index is -0.580. The van der Waals surface area contributed by atoms with E-state index in [-0.39, 0.29) is 11.8 Å². The van der Waals surface area contributed by atoms with Gasteiger partial charge in [0.25, 0.3) is 0 Å². The lowest BCUT2D eigenvalue weighted by atomic mass is 10.0. The van der Waals surface area contributed by atoms with Crippen LogP contribution in [0.3, 0.4) is 0 Å². The Morgan fingerprint density at radius 3 is 2.62 bits per heavy atom. The van der Waals surface area contributed by atoms with Crippen molar-refractivity contribution < 1.29 is 9.90 Å². The number of nitrogens with one attached hydrogen (secondary N) is 1. The number of carbonyl (C=O) groups excluding carboxylic acids is 1. The molecular formula is C20H21NO2S. The van der Waals surface area contributed by atoms with Crippen LogP contribution in [-0.2, 0) is 0 Å². The summed E-state index contributed by atoms with van der Waals surface area (Å²) in [5.41, 5.74) is 1.68. The number of rotatable bonds is 7. The largest absolute Gasteiger partial charge is 0.387 e. The molecule has 3 rings (SSSR count). The van der Waals surface area contributed by atoms with Crippen LogP contribution in [0.2, 0.25) is 0 Å². The summed E-state index contributed by atoms with van der Waals surface area (Å²) in [5, 5.41) is 16.6. The molecule has 24 heavy (non-hydrogen) atoms. The van der Waals surface area contributed by atoms with E-state index in [2.05, 4.69) is 5.32 Å². The number of benzene rings is 2. The first-order valence-corrected chi connectivity index (χ1v) is 9.00. The van der Waals surface area contributed by atoms with Crippen LogP contribution in [0.4, 0.5) is 0 Å². The van der Waals surface area contributed by atoms with Gasteiger partial charge in [-0.05, 0) is 18.6 Å². The lowest BCUT2D eigenvalue weighted by molar-refractivity contribution is 0.0974. The molecule has 4 heteroatoms. The van der Waals surface area contributed by atoms with Crippen molar-refractivity contribution in [1.29, 1.82) is 0 Å². The Bertz CT molecular complexity index is 813. The summed E-state index contributed by atoms with van der Waals surface area (Å²) >= 11 is 1.60. The summed E-state index contributed by atoms with van der Waals surface area (Å²) in [6.45, 7) is 2.48. The molecule has 2 N–H and O–H groups in total. The number of carbonyl (C=O) groups is 1. The van der Waals surface area contributed by atoms with E-state index in [4.69, 9.17) is 0 Å². The average molecular weight is 339 g/mol. The van der Waals surface area contributed by atoms with Gasteiger partial charge in [0.15, 0.2) is 5.78 Å². The third-order valence-corrected chi connectivity index (χ3v) is 5.18. The molecule has 124 valence electrons. The third-order valence-electron chi connectivity index (χ3n) is 4.21. The highest BCUT2D eigenvalue weighted by Gasteiger charge is 2.17. The fraction of sp³-hybridized carbons (Fsp3) is 0.250. The molecule has 0 spiro atoms. The van der Waals surface area contributed by atoms with Gasteiger partial charge in [-0.3, -0.25) is 4.79 Å². The van der Waals surface area contributed by atoms with E-state index < -0.39 is 6.10 Å². The van der Waals surface area contributed by atoms with Crippen LogP contribution in [0.5, 0.6) is 0 Å². The first-order chi connectivity index (χ1) is 11.7. The lowest BCUT2D eigenvalue weighted by Gasteiger charge is -2.20. The van der Waals surface area contributed by atoms with Gasteiger partial charge in [-0.2, -0.15) is 0 Å². The molecule has 3 nitrogen and oxygen atoms in total. The van der Waals surface area contributed by atoms with Crippen LogP contribution in [0, 0.1) is 0 Å². The summed E-state index contributed by atoms with van der Waals surface area (Å²) in [5.74, 6) is 0.140. The minimum absolute atomic E-state index is 0.112. The molecule has 2 unspecified atom stereocenters. The number of aliphatic hydroxyl groups excluding tert-OH is 1. The Labute approximate surface area is 146 Å². The number of thiophene rings is 1. The minimum Gasteiger partial charge on any atom is -0.387 e. The molecule has 0 aliphatic carbocycles. The summed E-state index contributed by atoms with van der Waals surface area (Å²) in [6, 6.07) is 17.4. The maximum absolute atomic E-state index is 12.4. The zero-order valence-corrected chi connectivity index (χ0v) is 14.4. The smallest absolute Gasteiger partial charge is 0.165 e. The first kappa shape index (κ1) is 16.8. The van der Waals surface area contributed by atoms with Gasteiger partial charge < -0.3 is 10.4 Å². The van der Waals surface area contributed by atoms with Crippen LogP contribution >= 0.6 is 11.3 Å². The van der Waals surface area contributed by atoms with Crippen molar-refractivity contribution in [2.75, 3.05) is 6.54 Å². The number of aliphatic hydroxyl groups is 1. The molecule has 3 aromatic rings. The Balaban J connectivity index is 1.55. The van der Waals surface area contributed by atoms with Crippen LogP contribution in [0.15, 0.2) is 60.0 Å². The van der Waals surface area contributed by atoms with Gasteiger partial charge in [0.05, 0.1) is 6.10 Å². The van der Waals surface area contributed by atoms with E-state index in [1.165, 1.54) is 0 Å². The van der Waals surface area contributed by atoms with Gasteiger partial charge in [0.2, 0.25) is 0 Å². The molecule has 1 heterocycles. The molecule has 0 radical (unpaired) electrons. The van der Waals surface area contributed by atoms with Crippen molar-refractivity contribution in [3.05, 3.63) is 71.1 Å². The fourth-order valence-corrected chi connectivity index (χ4v) is 3.76. The molecule has 2 aromatic carbocycles. The van der Waals surface area contributed by atoms with E-state index in [0.29, 0.717) is 13.0 Å². The second-order valence-electron chi connectivity index (χ2n) is 5.92. The van der Waals surface area contributed by atoms with Crippen molar-refractivity contribution in [1.82, 2.24) is 5.32 Å². The number of hydrogen-bond acceptors (Lipinski definition) is 4. The third kappa shape index (κ3) is 3.73. The highest BCUT2D eigenvalue weighted by molar-refractivity contribution is 7.17. The van der Waals surface area contributed by atoms with E-state index in [9.17, 15) is 9.90 Å². The number of ketones is 1. The summed E-state index contributed by atoms with van der Waals surface area (Å²) < 4.78 is 1.14. The SMILES string of the molecule is CC(NCCC(=O)c1csc2ccccc12)C(O)c1ccccc1. The quantitative estimate of drug-likeness (QED) is 0.635. The van der Waals surface area contributed by atoms with Crippen LogP contribution in [-0.4, -0.2) is 23.5 Å². The molecule has 0 bridgehead atoms. The van der Waals surface area contributed by atoms with Crippen LogP contribution < -0.4 is 5.32 Å². The normalized spacial score (nSPS) is 13.8. The highest BCUT2D eigenvalue weighted by Crippen LogP contribution is 2.26. The van der Waals surface area contributed by atoms with Crippen molar-refractivity contribution in [3.8, 4) is 0 Å². The van der Waals surface area contributed by atoms with Gasteiger partial charge >= 0.3 is 0 Å². The predicted octanol–water partition coefficient (Wildman–Crippen LogP) is 4.19. The molecule has 0 amide bonds. The van der Waals surface area contributed by atoms with E-state index in [0.717, 1.165) is 21.2 Å². The molecule has 0 aliphatic rings. The van der Waals surface area contributed by atoms with E-state index in [1.54, 1.807) is 11.3 Å². The fourth-order valence-electron chi connectivity index (χ4n) is 2.79. The van der Waals surface area contributed by atoms with Gasteiger partial charge in [0.1, 0.15) is 0 Å². The predicted molar refractivity (Wildman–Crippen MR) is 99.6 cm³/mol. The van der Waals surface area contributed by atoms with Crippen molar-refractivity contribution >= 4 is 27.2 Å². The van der Waals surface area contributed by atoms with Crippen molar-refractivity contribution in [2.45, 2.75) is 25.5 Å². The highest BCUT2D eigenvalue weighted by atomic mass is 32.1. The summed E-state index contributed by atoms with van der Waals surface area (Å²) in [6.07, 6.45) is -0.157. The second-order valence-corrected chi connectivity index (χ2v) is 6.83. The van der Waals surface area contributed by atoms with E-state index >= 15 is 0 Å².